The number of hydrogen-bond acceptors (Lipinski definition) is 4. The molecule has 0 amide bonds. The van der Waals surface area contributed by atoms with Crippen LogP contribution in [-0.4, -0.2) is 46.2 Å². The highest BCUT2D eigenvalue weighted by Gasteiger charge is 2.18. The van der Waals surface area contributed by atoms with Gasteiger partial charge >= 0.3 is 5.97 Å². The number of carboxylic acid groups (broad SMARTS) is 1. The predicted octanol–water partition coefficient (Wildman–Crippen LogP) is 0.423. The second-order valence-electron chi connectivity index (χ2n) is 3.65. The number of carboxylic acids is 1. The fraction of sp³-hybridized carbons (Fsp3) is 0.889. The molecule has 1 N–H and O–H groups in total. The monoisotopic (exact) mass is 270 g/mol. The molecule has 0 aliphatic heterocycles. The Morgan fingerprint density at radius 3 is 2.38 bits per heavy atom. The molecule has 0 aromatic rings. The Balaban J connectivity index is 4.12. The molecule has 0 fully saturated rings. The average molecular weight is 270 g/mol. The minimum atomic E-state index is -3.13. The standard InChI is InChI=1S/C9H18O5S2/c1-3-5-16(13,14)6-4-15(12)8(2)7-9(10)11/h8H,3-7H2,1-2H3,(H,10,11). The summed E-state index contributed by atoms with van der Waals surface area (Å²) in [6.45, 7) is 3.32. The molecule has 16 heavy (non-hydrogen) atoms. The summed E-state index contributed by atoms with van der Waals surface area (Å²) in [4.78, 5) is 10.4. The summed E-state index contributed by atoms with van der Waals surface area (Å²) in [5, 5.41) is 7.99. The maximum atomic E-state index is 11.5. The normalized spacial score (nSPS) is 15.6. The summed E-state index contributed by atoms with van der Waals surface area (Å²) < 4.78 is 34.2. The van der Waals surface area contributed by atoms with Gasteiger partial charge < -0.3 is 5.11 Å². The Kier molecular flexibility index (Phi) is 6.82. The Hall–Kier alpha value is -0.430. The Morgan fingerprint density at radius 2 is 1.94 bits per heavy atom. The van der Waals surface area contributed by atoms with Crippen molar-refractivity contribution in [2.45, 2.75) is 31.9 Å². The third-order valence-electron chi connectivity index (χ3n) is 2.02. The van der Waals surface area contributed by atoms with E-state index >= 15 is 0 Å². The van der Waals surface area contributed by atoms with Gasteiger partial charge in [0, 0.05) is 27.6 Å². The lowest BCUT2D eigenvalue weighted by Crippen LogP contribution is -2.23. The van der Waals surface area contributed by atoms with Crippen molar-refractivity contribution in [3.8, 4) is 0 Å². The van der Waals surface area contributed by atoms with E-state index in [0.717, 1.165) is 0 Å². The van der Waals surface area contributed by atoms with Gasteiger partial charge in [-0.15, -0.1) is 0 Å². The van der Waals surface area contributed by atoms with Gasteiger partial charge in [0.05, 0.1) is 12.2 Å². The fourth-order valence-electron chi connectivity index (χ4n) is 1.16. The van der Waals surface area contributed by atoms with E-state index in [2.05, 4.69) is 0 Å². The van der Waals surface area contributed by atoms with Crippen molar-refractivity contribution in [2.24, 2.45) is 0 Å². The van der Waals surface area contributed by atoms with Gasteiger partial charge in [-0.1, -0.05) is 13.8 Å². The van der Waals surface area contributed by atoms with Crippen LogP contribution in [0.3, 0.4) is 0 Å². The minimum Gasteiger partial charge on any atom is -0.481 e. The Labute approximate surface area is 98.6 Å². The zero-order valence-corrected chi connectivity index (χ0v) is 11.1. The lowest BCUT2D eigenvalue weighted by Gasteiger charge is -2.08. The Bertz CT molecular complexity index is 347. The summed E-state index contributed by atoms with van der Waals surface area (Å²) in [5.74, 6) is -1.02. The van der Waals surface area contributed by atoms with Crippen LogP contribution in [0, 0.1) is 0 Å². The molecule has 0 aromatic heterocycles. The summed E-state index contributed by atoms with van der Waals surface area (Å²) in [6, 6.07) is 0. The van der Waals surface area contributed by atoms with E-state index in [-0.39, 0.29) is 23.7 Å². The molecule has 2 atom stereocenters. The maximum absolute atomic E-state index is 11.5. The van der Waals surface area contributed by atoms with Gasteiger partial charge in [0.15, 0.2) is 9.84 Å². The molecule has 96 valence electrons. The van der Waals surface area contributed by atoms with Gasteiger partial charge in [-0.2, -0.15) is 0 Å². The molecule has 7 heteroatoms. The van der Waals surface area contributed by atoms with Crippen LogP contribution < -0.4 is 0 Å². The second-order valence-corrected chi connectivity index (χ2v) is 7.92. The van der Waals surface area contributed by atoms with E-state index in [9.17, 15) is 17.4 Å². The van der Waals surface area contributed by atoms with Crippen LogP contribution in [0.2, 0.25) is 0 Å². The largest absolute Gasteiger partial charge is 0.481 e. The average Bonchev–Trinajstić information content (AvgIpc) is 2.13. The summed E-state index contributed by atoms with van der Waals surface area (Å²) >= 11 is 0. The number of hydrogen-bond donors (Lipinski definition) is 1. The smallest absolute Gasteiger partial charge is 0.304 e. The second kappa shape index (κ2) is 7.01. The predicted molar refractivity (Wildman–Crippen MR) is 63.7 cm³/mol. The fourth-order valence-corrected chi connectivity index (χ4v) is 4.39. The van der Waals surface area contributed by atoms with Gasteiger partial charge in [-0.25, -0.2) is 8.42 Å². The minimum absolute atomic E-state index is 0.0246. The third kappa shape index (κ3) is 6.95. The molecule has 0 bridgehead atoms. The molecule has 0 saturated carbocycles. The lowest BCUT2D eigenvalue weighted by molar-refractivity contribution is -0.136. The molecule has 2 unspecified atom stereocenters. The van der Waals surface area contributed by atoms with E-state index < -0.39 is 31.9 Å². The van der Waals surface area contributed by atoms with Crippen molar-refractivity contribution >= 4 is 26.6 Å². The SMILES string of the molecule is CCCS(=O)(=O)CCS(=O)C(C)CC(=O)O. The molecule has 0 heterocycles. The third-order valence-corrected chi connectivity index (χ3v) is 5.81. The van der Waals surface area contributed by atoms with Crippen LogP contribution in [0.5, 0.6) is 0 Å². The zero-order valence-electron chi connectivity index (χ0n) is 9.51. The van der Waals surface area contributed by atoms with Gasteiger partial charge in [0.2, 0.25) is 0 Å². The number of aliphatic carboxylic acids is 1. The number of carbonyl (C=O) groups is 1. The van der Waals surface area contributed by atoms with Gasteiger partial charge in [0.1, 0.15) is 0 Å². The van der Waals surface area contributed by atoms with Crippen molar-refractivity contribution in [1.82, 2.24) is 0 Å². The highest BCUT2D eigenvalue weighted by molar-refractivity contribution is 7.93. The van der Waals surface area contributed by atoms with Crippen LogP contribution in [0.4, 0.5) is 0 Å². The molecule has 0 aliphatic carbocycles. The molecule has 0 radical (unpaired) electrons. The van der Waals surface area contributed by atoms with E-state index in [1.54, 1.807) is 13.8 Å². The zero-order chi connectivity index (χ0) is 12.8. The lowest BCUT2D eigenvalue weighted by atomic mass is 10.3. The number of rotatable bonds is 8. The summed E-state index contributed by atoms with van der Waals surface area (Å²) in [5.41, 5.74) is 0. The first kappa shape index (κ1) is 15.6. The molecular weight excluding hydrogens is 252 g/mol. The summed E-state index contributed by atoms with van der Waals surface area (Å²) in [6.07, 6.45) is 0.347. The molecular formula is C9H18O5S2. The molecule has 0 spiro atoms. The summed E-state index contributed by atoms with van der Waals surface area (Å²) in [7, 11) is -4.52. The first-order chi connectivity index (χ1) is 7.28. The van der Waals surface area contributed by atoms with Gasteiger partial charge in [-0.05, 0) is 6.42 Å². The van der Waals surface area contributed by atoms with E-state index in [4.69, 9.17) is 5.11 Å². The van der Waals surface area contributed by atoms with Crippen LogP contribution in [0.1, 0.15) is 26.7 Å². The van der Waals surface area contributed by atoms with Crippen molar-refractivity contribution < 1.29 is 22.5 Å². The van der Waals surface area contributed by atoms with Crippen LogP contribution in [-0.2, 0) is 25.4 Å². The van der Waals surface area contributed by atoms with Gasteiger partial charge in [-0.3, -0.25) is 9.00 Å². The van der Waals surface area contributed by atoms with E-state index in [0.29, 0.717) is 6.42 Å². The first-order valence-electron chi connectivity index (χ1n) is 5.08. The molecule has 0 rings (SSSR count). The van der Waals surface area contributed by atoms with Crippen molar-refractivity contribution in [2.75, 3.05) is 17.3 Å². The van der Waals surface area contributed by atoms with Gasteiger partial charge in [0.25, 0.3) is 0 Å². The first-order valence-corrected chi connectivity index (χ1v) is 8.28. The maximum Gasteiger partial charge on any atom is 0.304 e. The molecule has 0 saturated heterocycles. The Morgan fingerprint density at radius 1 is 1.38 bits per heavy atom. The van der Waals surface area contributed by atoms with Crippen molar-refractivity contribution in [1.29, 1.82) is 0 Å². The van der Waals surface area contributed by atoms with Crippen molar-refractivity contribution in [3.05, 3.63) is 0 Å². The van der Waals surface area contributed by atoms with Crippen molar-refractivity contribution in [3.63, 3.8) is 0 Å². The molecule has 0 aliphatic rings. The molecule has 0 aromatic carbocycles. The quantitative estimate of drug-likeness (QED) is 0.690. The van der Waals surface area contributed by atoms with Crippen LogP contribution >= 0.6 is 0 Å². The topological polar surface area (TPSA) is 88.5 Å². The van der Waals surface area contributed by atoms with E-state index in [1.165, 1.54) is 0 Å². The molecule has 5 nitrogen and oxygen atoms in total. The number of sulfone groups is 1. The van der Waals surface area contributed by atoms with Crippen LogP contribution in [0.25, 0.3) is 0 Å². The van der Waals surface area contributed by atoms with E-state index in [1.807, 2.05) is 0 Å². The highest BCUT2D eigenvalue weighted by atomic mass is 32.2. The highest BCUT2D eigenvalue weighted by Crippen LogP contribution is 2.04. The van der Waals surface area contributed by atoms with Crippen LogP contribution in [0.15, 0.2) is 0 Å².